The highest BCUT2D eigenvalue weighted by molar-refractivity contribution is 14.1. The fraction of sp³-hybridized carbons (Fsp3) is 0.529. The summed E-state index contributed by atoms with van der Waals surface area (Å²) < 4.78 is 6.32. The highest BCUT2D eigenvalue weighted by atomic mass is 127. The number of benzene rings is 1. The number of rotatable bonds is 2. The van der Waals surface area contributed by atoms with E-state index in [0.29, 0.717) is 18.7 Å². The minimum absolute atomic E-state index is 0.0503. The van der Waals surface area contributed by atoms with Crippen LogP contribution in [0.25, 0.3) is 0 Å². The van der Waals surface area contributed by atoms with E-state index in [2.05, 4.69) is 27.9 Å². The summed E-state index contributed by atoms with van der Waals surface area (Å²) in [6.45, 7) is 6.79. The van der Waals surface area contributed by atoms with Crippen molar-refractivity contribution in [1.82, 2.24) is 10.2 Å². The number of hydrogen-bond donors (Lipinski definition) is 1. The molecule has 1 aliphatic rings. The van der Waals surface area contributed by atoms with E-state index >= 15 is 0 Å². The van der Waals surface area contributed by atoms with Crippen LogP contribution in [0.1, 0.15) is 44.0 Å². The third-order valence-corrected chi connectivity index (χ3v) is 4.54. The molecule has 1 saturated heterocycles. The number of carbonyl (C=O) groups is 2. The van der Waals surface area contributed by atoms with E-state index in [-0.39, 0.29) is 18.0 Å². The summed E-state index contributed by atoms with van der Waals surface area (Å²) in [5, 5.41) is 3.06. The van der Waals surface area contributed by atoms with Crippen LogP contribution in [-0.4, -0.2) is 41.6 Å². The first-order valence-corrected chi connectivity index (χ1v) is 8.87. The summed E-state index contributed by atoms with van der Waals surface area (Å²) in [4.78, 5) is 26.0. The molecule has 126 valence electrons. The molecule has 2 amide bonds. The predicted molar refractivity (Wildman–Crippen MR) is 97.5 cm³/mol. The molecule has 2 rings (SSSR count). The van der Waals surface area contributed by atoms with Gasteiger partial charge in [-0.05, 0) is 68.3 Å². The minimum atomic E-state index is -0.480. The van der Waals surface area contributed by atoms with E-state index < -0.39 is 5.60 Å². The number of nitrogens with zero attached hydrogens (tertiary/aromatic N) is 1. The maximum Gasteiger partial charge on any atom is 0.410 e. The van der Waals surface area contributed by atoms with Gasteiger partial charge in [0, 0.05) is 22.7 Å². The normalized spacial score (nSPS) is 16.1. The molecule has 5 nitrogen and oxygen atoms in total. The van der Waals surface area contributed by atoms with Gasteiger partial charge in [-0.3, -0.25) is 4.79 Å². The van der Waals surface area contributed by atoms with Crippen molar-refractivity contribution in [2.75, 3.05) is 13.1 Å². The topological polar surface area (TPSA) is 58.6 Å². The number of halogens is 1. The molecule has 0 aliphatic carbocycles. The van der Waals surface area contributed by atoms with E-state index in [0.717, 1.165) is 16.4 Å². The molecule has 0 unspecified atom stereocenters. The Labute approximate surface area is 150 Å². The Morgan fingerprint density at radius 3 is 2.39 bits per heavy atom. The van der Waals surface area contributed by atoms with Gasteiger partial charge < -0.3 is 15.0 Å². The largest absolute Gasteiger partial charge is 0.444 e. The Bertz CT molecular complexity index is 575. The second kappa shape index (κ2) is 7.51. The molecule has 1 heterocycles. The van der Waals surface area contributed by atoms with Crippen molar-refractivity contribution in [1.29, 1.82) is 0 Å². The van der Waals surface area contributed by atoms with Crippen molar-refractivity contribution in [2.24, 2.45) is 0 Å². The van der Waals surface area contributed by atoms with Crippen molar-refractivity contribution >= 4 is 34.6 Å². The monoisotopic (exact) mass is 430 g/mol. The highest BCUT2D eigenvalue weighted by Crippen LogP contribution is 2.17. The van der Waals surface area contributed by atoms with Gasteiger partial charge in [-0.15, -0.1) is 0 Å². The molecule has 6 heteroatoms. The number of ether oxygens (including phenoxy) is 1. The molecule has 1 fully saturated rings. The molecule has 0 spiro atoms. The fourth-order valence-corrected chi connectivity index (χ4v) is 3.07. The fourth-order valence-electron chi connectivity index (χ4n) is 2.44. The second-order valence-corrected chi connectivity index (χ2v) is 7.86. The van der Waals surface area contributed by atoms with E-state index in [1.807, 2.05) is 45.0 Å². The lowest BCUT2D eigenvalue weighted by Crippen LogP contribution is -2.47. The Morgan fingerprint density at radius 1 is 1.22 bits per heavy atom. The van der Waals surface area contributed by atoms with Gasteiger partial charge in [-0.1, -0.05) is 12.1 Å². The molecule has 1 aromatic carbocycles. The first kappa shape index (κ1) is 18.0. The highest BCUT2D eigenvalue weighted by Gasteiger charge is 2.27. The number of amides is 2. The van der Waals surface area contributed by atoms with Crippen LogP contribution in [0.15, 0.2) is 24.3 Å². The van der Waals surface area contributed by atoms with Gasteiger partial charge in [-0.25, -0.2) is 4.79 Å². The summed E-state index contributed by atoms with van der Waals surface area (Å²) >= 11 is 2.16. The van der Waals surface area contributed by atoms with Gasteiger partial charge in [-0.2, -0.15) is 0 Å². The van der Waals surface area contributed by atoms with Crippen LogP contribution < -0.4 is 5.32 Å². The Balaban J connectivity index is 1.84. The lowest BCUT2D eigenvalue weighted by atomic mass is 10.0. The van der Waals surface area contributed by atoms with Crippen molar-refractivity contribution in [3.63, 3.8) is 0 Å². The first-order valence-electron chi connectivity index (χ1n) is 7.79. The maximum absolute atomic E-state index is 12.3. The maximum atomic E-state index is 12.3. The molecule has 0 atom stereocenters. The van der Waals surface area contributed by atoms with Crippen molar-refractivity contribution < 1.29 is 14.3 Å². The number of piperidine rings is 1. The van der Waals surface area contributed by atoms with Gasteiger partial charge >= 0.3 is 6.09 Å². The summed E-state index contributed by atoms with van der Waals surface area (Å²) in [6, 6.07) is 7.62. The van der Waals surface area contributed by atoms with Gasteiger partial charge in [0.05, 0.1) is 5.56 Å². The zero-order chi connectivity index (χ0) is 17.0. The second-order valence-electron chi connectivity index (χ2n) is 6.69. The molecule has 0 bridgehead atoms. The van der Waals surface area contributed by atoms with Gasteiger partial charge in [0.2, 0.25) is 0 Å². The third-order valence-electron chi connectivity index (χ3n) is 3.60. The Morgan fingerprint density at radius 2 is 1.83 bits per heavy atom. The van der Waals surface area contributed by atoms with Crippen LogP contribution >= 0.6 is 22.6 Å². The molecular weight excluding hydrogens is 407 g/mol. The van der Waals surface area contributed by atoms with Crippen LogP contribution in [0.2, 0.25) is 0 Å². The molecule has 1 aromatic rings. The van der Waals surface area contributed by atoms with Gasteiger partial charge in [0.25, 0.3) is 5.91 Å². The molecule has 1 N–H and O–H groups in total. The number of nitrogens with one attached hydrogen (secondary N) is 1. The molecule has 1 aliphatic heterocycles. The summed E-state index contributed by atoms with van der Waals surface area (Å²) in [5.41, 5.74) is 0.217. The van der Waals surface area contributed by atoms with Crippen LogP contribution in [0.5, 0.6) is 0 Å². The third kappa shape index (κ3) is 5.37. The number of hydrogen-bond acceptors (Lipinski definition) is 3. The van der Waals surface area contributed by atoms with Crippen LogP contribution in [-0.2, 0) is 4.74 Å². The standard InChI is InChI=1S/C17H23IN2O3/c1-17(2,3)23-16(22)20-10-8-12(9-11-20)19-15(21)13-6-4-5-7-14(13)18/h4-7,12H,8-11H2,1-3H3,(H,19,21). The first-order chi connectivity index (χ1) is 10.8. The summed E-state index contributed by atoms with van der Waals surface area (Å²) in [5.74, 6) is -0.0503. The molecule has 23 heavy (non-hydrogen) atoms. The van der Waals surface area contributed by atoms with E-state index in [1.54, 1.807) is 4.90 Å². The summed E-state index contributed by atoms with van der Waals surface area (Å²) in [6.07, 6.45) is 1.21. The minimum Gasteiger partial charge on any atom is -0.444 e. The van der Waals surface area contributed by atoms with E-state index in [1.165, 1.54) is 0 Å². The number of likely N-dealkylation sites (tertiary alicyclic amines) is 1. The van der Waals surface area contributed by atoms with E-state index in [4.69, 9.17) is 4.74 Å². The van der Waals surface area contributed by atoms with Crippen molar-refractivity contribution in [3.8, 4) is 0 Å². The smallest absolute Gasteiger partial charge is 0.410 e. The SMILES string of the molecule is CC(C)(C)OC(=O)N1CCC(NC(=O)c2ccccc2I)CC1. The lowest BCUT2D eigenvalue weighted by molar-refractivity contribution is 0.0199. The van der Waals surface area contributed by atoms with Gasteiger partial charge in [0.15, 0.2) is 0 Å². The molecule has 0 aromatic heterocycles. The zero-order valence-corrected chi connectivity index (χ0v) is 15.9. The molecule has 0 radical (unpaired) electrons. The average molecular weight is 430 g/mol. The molecule has 0 saturated carbocycles. The van der Waals surface area contributed by atoms with Crippen LogP contribution in [0.4, 0.5) is 4.79 Å². The van der Waals surface area contributed by atoms with Crippen molar-refractivity contribution in [3.05, 3.63) is 33.4 Å². The van der Waals surface area contributed by atoms with Crippen LogP contribution in [0, 0.1) is 3.57 Å². The average Bonchev–Trinajstić information content (AvgIpc) is 2.46. The lowest BCUT2D eigenvalue weighted by Gasteiger charge is -2.33. The van der Waals surface area contributed by atoms with Gasteiger partial charge in [0.1, 0.15) is 5.60 Å². The van der Waals surface area contributed by atoms with E-state index in [9.17, 15) is 9.59 Å². The molecular formula is C17H23IN2O3. The summed E-state index contributed by atoms with van der Waals surface area (Å²) in [7, 11) is 0. The van der Waals surface area contributed by atoms with Crippen LogP contribution in [0.3, 0.4) is 0 Å². The van der Waals surface area contributed by atoms with Crippen molar-refractivity contribution in [2.45, 2.75) is 45.3 Å². The Kier molecular flexibility index (Phi) is 5.89. The number of carbonyl (C=O) groups excluding carboxylic acids is 2. The zero-order valence-electron chi connectivity index (χ0n) is 13.8. The Hall–Kier alpha value is -1.31. The predicted octanol–water partition coefficient (Wildman–Crippen LogP) is 3.42. The quantitative estimate of drug-likeness (QED) is 0.732.